The van der Waals surface area contributed by atoms with Crippen molar-refractivity contribution in [1.82, 2.24) is 5.32 Å². The molecule has 1 aliphatic rings. The first-order chi connectivity index (χ1) is 7.24. The number of aliphatic hydroxyl groups is 1. The van der Waals surface area contributed by atoms with Crippen LogP contribution in [0.15, 0.2) is 0 Å². The Kier molecular flexibility index (Phi) is 6.26. The number of hydrogen-bond acceptors (Lipinski definition) is 2. The highest BCUT2D eigenvalue weighted by Crippen LogP contribution is 2.27. The van der Waals surface area contributed by atoms with Gasteiger partial charge < -0.3 is 10.4 Å². The molecule has 1 rings (SSSR count). The van der Waals surface area contributed by atoms with E-state index in [1.165, 1.54) is 38.5 Å². The molecule has 0 bridgehead atoms. The van der Waals surface area contributed by atoms with Crippen molar-refractivity contribution in [2.45, 2.75) is 58.5 Å². The average molecular weight is 213 g/mol. The van der Waals surface area contributed by atoms with Crippen molar-refractivity contribution >= 4 is 0 Å². The van der Waals surface area contributed by atoms with E-state index in [2.05, 4.69) is 19.2 Å². The molecule has 2 atom stereocenters. The Bertz CT molecular complexity index is 155. The SMILES string of the molecule is CCCC(C)CNCC(O)C1CCCC1. The third-order valence-corrected chi connectivity index (χ3v) is 3.57. The normalized spacial score (nSPS) is 21.8. The molecule has 2 heteroatoms. The summed E-state index contributed by atoms with van der Waals surface area (Å²) < 4.78 is 0. The Morgan fingerprint density at radius 3 is 2.53 bits per heavy atom. The quantitative estimate of drug-likeness (QED) is 0.681. The fourth-order valence-electron chi connectivity index (χ4n) is 2.58. The van der Waals surface area contributed by atoms with Crippen LogP contribution in [0.5, 0.6) is 0 Å². The lowest BCUT2D eigenvalue weighted by Crippen LogP contribution is -2.34. The van der Waals surface area contributed by atoms with Gasteiger partial charge in [-0.05, 0) is 37.6 Å². The van der Waals surface area contributed by atoms with Crippen molar-refractivity contribution < 1.29 is 5.11 Å². The van der Waals surface area contributed by atoms with Crippen LogP contribution in [0.4, 0.5) is 0 Å². The second kappa shape index (κ2) is 7.24. The maximum atomic E-state index is 9.93. The van der Waals surface area contributed by atoms with Gasteiger partial charge in [-0.25, -0.2) is 0 Å². The predicted molar refractivity (Wildman–Crippen MR) is 64.9 cm³/mol. The van der Waals surface area contributed by atoms with Crippen LogP contribution < -0.4 is 5.32 Å². The minimum absolute atomic E-state index is 0.110. The zero-order valence-electron chi connectivity index (χ0n) is 10.3. The van der Waals surface area contributed by atoms with Crippen LogP contribution in [-0.2, 0) is 0 Å². The van der Waals surface area contributed by atoms with Crippen LogP contribution in [0, 0.1) is 11.8 Å². The van der Waals surface area contributed by atoms with Gasteiger partial charge in [-0.1, -0.05) is 33.1 Å². The molecule has 0 spiro atoms. The molecule has 1 aliphatic carbocycles. The summed E-state index contributed by atoms with van der Waals surface area (Å²) >= 11 is 0. The third kappa shape index (κ3) is 4.98. The molecule has 2 unspecified atom stereocenters. The van der Waals surface area contributed by atoms with Crippen LogP contribution in [0.25, 0.3) is 0 Å². The minimum Gasteiger partial charge on any atom is -0.392 e. The summed E-state index contributed by atoms with van der Waals surface area (Å²) in [5, 5.41) is 13.3. The zero-order chi connectivity index (χ0) is 11.1. The molecule has 15 heavy (non-hydrogen) atoms. The Morgan fingerprint density at radius 2 is 1.93 bits per heavy atom. The summed E-state index contributed by atoms with van der Waals surface area (Å²) in [5.41, 5.74) is 0. The van der Waals surface area contributed by atoms with Gasteiger partial charge in [0.05, 0.1) is 6.10 Å². The lowest BCUT2D eigenvalue weighted by molar-refractivity contribution is 0.108. The van der Waals surface area contributed by atoms with Crippen LogP contribution >= 0.6 is 0 Å². The lowest BCUT2D eigenvalue weighted by atomic mass is 10.0. The summed E-state index contributed by atoms with van der Waals surface area (Å²) in [4.78, 5) is 0. The van der Waals surface area contributed by atoms with E-state index < -0.39 is 0 Å². The molecular weight excluding hydrogens is 186 g/mol. The lowest BCUT2D eigenvalue weighted by Gasteiger charge is -2.19. The smallest absolute Gasteiger partial charge is 0.0692 e. The Morgan fingerprint density at radius 1 is 1.27 bits per heavy atom. The van der Waals surface area contributed by atoms with Gasteiger partial charge in [0.2, 0.25) is 0 Å². The molecule has 0 amide bonds. The molecule has 0 saturated heterocycles. The Balaban J connectivity index is 2.03. The first-order valence-corrected chi connectivity index (χ1v) is 6.62. The summed E-state index contributed by atoms with van der Waals surface area (Å²) in [6.45, 7) is 6.35. The zero-order valence-corrected chi connectivity index (χ0v) is 10.3. The van der Waals surface area contributed by atoms with Crippen molar-refractivity contribution in [2.24, 2.45) is 11.8 Å². The molecule has 1 fully saturated rings. The van der Waals surface area contributed by atoms with Crippen LogP contribution in [0.1, 0.15) is 52.4 Å². The van der Waals surface area contributed by atoms with E-state index in [9.17, 15) is 5.11 Å². The summed E-state index contributed by atoms with van der Waals surface area (Å²) in [6, 6.07) is 0. The molecule has 0 aromatic rings. The number of hydrogen-bond donors (Lipinski definition) is 2. The van der Waals surface area contributed by atoms with Gasteiger partial charge in [-0.2, -0.15) is 0 Å². The third-order valence-electron chi connectivity index (χ3n) is 3.57. The van der Waals surface area contributed by atoms with Crippen LogP contribution in [-0.4, -0.2) is 24.3 Å². The maximum Gasteiger partial charge on any atom is 0.0692 e. The number of aliphatic hydroxyl groups excluding tert-OH is 1. The first kappa shape index (κ1) is 13.0. The monoisotopic (exact) mass is 213 g/mol. The number of nitrogens with one attached hydrogen (secondary N) is 1. The predicted octanol–water partition coefficient (Wildman–Crippen LogP) is 2.56. The van der Waals surface area contributed by atoms with E-state index in [0.717, 1.165) is 19.0 Å². The molecule has 90 valence electrons. The van der Waals surface area contributed by atoms with Gasteiger partial charge in [-0.15, -0.1) is 0 Å². The highest BCUT2D eigenvalue weighted by atomic mass is 16.3. The second-order valence-electron chi connectivity index (χ2n) is 5.16. The maximum absolute atomic E-state index is 9.93. The van der Waals surface area contributed by atoms with E-state index >= 15 is 0 Å². The van der Waals surface area contributed by atoms with Gasteiger partial charge in [-0.3, -0.25) is 0 Å². The van der Waals surface area contributed by atoms with Gasteiger partial charge in [0.1, 0.15) is 0 Å². The van der Waals surface area contributed by atoms with Gasteiger partial charge in [0.25, 0.3) is 0 Å². The average Bonchev–Trinajstić information content (AvgIpc) is 2.70. The molecule has 1 saturated carbocycles. The first-order valence-electron chi connectivity index (χ1n) is 6.62. The standard InChI is InChI=1S/C13H27NO/c1-3-6-11(2)9-14-10-13(15)12-7-4-5-8-12/h11-15H,3-10H2,1-2H3. The molecule has 0 aliphatic heterocycles. The highest BCUT2D eigenvalue weighted by Gasteiger charge is 2.22. The van der Waals surface area contributed by atoms with Crippen molar-refractivity contribution in [2.75, 3.05) is 13.1 Å². The van der Waals surface area contributed by atoms with E-state index in [1.807, 2.05) is 0 Å². The Hall–Kier alpha value is -0.0800. The molecule has 2 N–H and O–H groups in total. The molecule has 0 heterocycles. The van der Waals surface area contributed by atoms with Gasteiger partial charge >= 0.3 is 0 Å². The second-order valence-corrected chi connectivity index (χ2v) is 5.16. The van der Waals surface area contributed by atoms with Gasteiger partial charge in [0, 0.05) is 6.54 Å². The largest absolute Gasteiger partial charge is 0.392 e. The van der Waals surface area contributed by atoms with Crippen molar-refractivity contribution in [1.29, 1.82) is 0 Å². The van der Waals surface area contributed by atoms with Crippen molar-refractivity contribution in [3.8, 4) is 0 Å². The van der Waals surface area contributed by atoms with Crippen molar-refractivity contribution in [3.63, 3.8) is 0 Å². The van der Waals surface area contributed by atoms with Crippen LogP contribution in [0.2, 0.25) is 0 Å². The molecule has 0 aromatic carbocycles. The number of rotatable bonds is 7. The van der Waals surface area contributed by atoms with E-state index in [1.54, 1.807) is 0 Å². The summed E-state index contributed by atoms with van der Waals surface area (Å²) in [7, 11) is 0. The van der Waals surface area contributed by atoms with Crippen LogP contribution in [0.3, 0.4) is 0 Å². The van der Waals surface area contributed by atoms with Gasteiger partial charge in [0.15, 0.2) is 0 Å². The fraction of sp³-hybridized carbons (Fsp3) is 1.00. The molecule has 0 aromatic heterocycles. The van der Waals surface area contributed by atoms with E-state index in [0.29, 0.717) is 5.92 Å². The summed E-state index contributed by atoms with van der Waals surface area (Å²) in [5.74, 6) is 1.31. The topological polar surface area (TPSA) is 32.3 Å². The van der Waals surface area contributed by atoms with Crippen molar-refractivity contribution in [3.05, 3.63) is 0 Å². The molecule has 0 radical (unpaired) electrons. The molecular formula is C13H27NO. The summed E-state index contributed by atoms with van der Waals surface area (Å²) in [6.07, 6.45) is 7.52. The van der Waals surface area contributed by atoms with E-state index in [4.69, 9.17) is 0 Å². The Labute approximate surface area is 94.5 Å². The van der Waals surface area contributed by atoms with E-state index in [-0.39, 0.29) is 6.10 Å². The molecule has 2 nitrogen and oxygen atoms in total. The highest BCUT2D eigenvalue weighted by molar-refractivity contribution is 4.76. The minimum atomic E-state index is -0.110. The fourth-order valence-corrected chi connectivity index (χ4v) is 2.58.